The second-order valence-corrected chi connectivity index (χ2v) is 7.24. The molecule has 0 atom stereocenters. The van der Waals surface area contributed by atoms with Crippen LogP contribution in [0.5, 0.6) is 0 Å². The van der Waals surface area contributed by atoms with Gasteiger partial charge in [-0.1, -0.05) is 18.0 Å². The first-order valence-electron chi connectivity index (χ1n) is 8.38. The molecule has 0 unspecified atom stereocenters. The molecule has 0 aromatic heterocycles. The maximum atomic E-state index is 5.91. The highest BCUT2D eigenvalue weighted by Gasteiger charge is 2.29. The standard InChI is InChI=1S/C17H24ClN3S/c18-14-6-8-15(9-7-14)19-17(22)21-12-10-20(11-13-21)16-4-2-1-3-5-16/h6-9,16H,1-5,10-13H2,(H,19,22)/p+1. The molecule has 0 bridgehead atoms. The Morgan fingerprint density at radius 2 is 1.73 bits per heavy atom. The minimum atomic E-state index is 0.751. The summed E-state index contributed by atoms with van der Waals surface area (Å²) in [5.41, 5.74) is 1.01. The third-order valence-corrected chi connectivity index (χ3v) is 5.58. The van der Waals surface area contributed by atoms with Gasteiger partial charge in [0, 0.05) is 10.7 Å². The second kappa shape index (κ2) is 7.62. The van der Waals surface area contributed by atoms with E-state index >= 15 is 0 Å². The maximum Gasteiger partial charge on any atom is 0.173 e. The molecule has 1 saturated heterocycles. The summed E-state index contributed by atoms with van der Waals surface area (Å²) in [6.07, 6.45) is 7.12. The molecule has 1 saturated carbocycles. The van der Waals surface area contributed by atoms with Gasteiger partial charge >= 0.3 is 0 Å². The van der Waals surface area contributed by atoms with Crippen molar-refractivity contribution >= 4 is 34.6 Å². The molecule has 0 radical (unpaired) electrons. The minimum Gasteiger partial charge on any atom is -0.338 e. The fourth-order valence-electron chi connectivity index (χ4n) is 3.65. The molecule has 3 rings (SSSR count). The highest BCUT2D eigenvalue weighted by atomic mass is 35.5. The van der Waals surface area contributed by atoms with Crippen LogP contribution in [-0.4, -0.2) is 42.2 Å². The van der Waals surface area contributed by atoms with Crippen LogP contribution in [0.3, 0.4) is 0 Å². The van der Waals surface area contributed by atoms with Crippen molar-refractivity contribution < 1.29 is 4.90 Å². The molecule has 1 aliphatic heterocycles. The van der Waals surface area contributed by atoms with E-state index in [2.05, 4.69) is 10.2 Å². The summed E-state index contributed by atoms with van der Waals surface area (Å²) in [5.74, 6) is 0. The van der Waals surface area contributed by atoms with Crippen LogP contribution >= 0.6 is 23.8 Å². The number of rotatable bonds is 2. The van der Waals surface area contributed by atoms with Crippen molar-refractivity contribution in [2.24, 2.45) is 0 Å². The van der Waals surface area contributed by atoms with E-state index in [4.69, 9.17) is 23.8 Å². The van der Waals surface area contributed by atoms with E-state index in [0.29, 0.717) is 0 Å². The Bertz CT molecular complexity index is 491. The lowest BCUT2D eigenvalue weighted by atomic mass is 9.94. The molecule has 2 fully saturated rings. The van der Waals surface area contributed by atoms with Crippen molar-refractivity contribution in [3.05, 3.63) is 29.3 Å². The number of nitrogens with zero attached hydrogens (tertiary/aromatic N) is 1. The lowest BCUT2D eigenvalue weighted by molar-refractivity contribution is -0.930. The number of nitrogens with one attached hydrogen (secondary N) is 2. The zero-order valence-corrected chi connectivity index (χ0v) is 14.6. The number of hydrogen-bond acceptors (Lipinski definition) is 1. The number of benzene rings is 1. The molecule has 3 nitrogen and oxygen atoms in total. The third kappa shape index (κ3) is 4.12. The first-order valence-corrected chi connectivity index (χ1v) is 9.17. The normalized spacial score (nSPS) is 20.9. The van der Waals surface area contributed by atoms with Gasteiger partial charge in [-0.2, -0.15) is 0 Å². The number of quaternary nitrogens is 1. The number of thiocarbonyl (C=S) groups is 1. The summed E-state index contributed by atoms with van der Waals surface area (Å²) in [7, 11) is 0. The summed E-state index contributed by atoms with van der Waals surface area (Å²) >= 11 is 11.5. The van der Waals surface area contributed by atoms with E-state index in [1.807, 2.05) is 24.3 Å². The van der Waals surface area contributed by atoms with Crippen LogP contribution in [0.2, 0.25) is 5.02 Å². The third-order valence-electron chi connectivity index (χ3n) is 4.97. The molecule has 2 aliphatic rings. The predicted octanol–water partition coefficient (Wildman–Crippen LogP) is 2.57. The lowest BCUT2D eigenvalue weighted by Crippen LogP contribution is -3.18. The van der Waals surface area contributed by atoms with Crippen LogP contribution in [0.25, 0.3) is 0 Å². The molecule has 0 amide bonds. The van der Waals surface area contributed by atoms with E-state index < -0.39 is 0 Å². The van der Waals surface area contributed by atoms with Gasteiger partial charge in [0.1, 0.15) is 0 Å². The van der Waals surface area contributed by atoms with Crippen molar-refractivity contribution in [2.45, 2.75) is 38.1 Å². The van der Waals surface area contributed by atoms with Crippen LogP contribution in [0.1, 0.15) is 32.1 Å². The highest BCUT2D eigenvalue weighted by molar-refractivity contribution is 7.80. The molecule has 1 aromatic carbocycles. The van der Waals surface area contributed by atoms with Gasteiger partial charge in [-0.05, 0) is 62.2 Å². The lowest BCUT2D eigenvalue weighted by Gasteiger charge is -2.38. The minimum absolute atomic E-state index is 0.751. The molecular formula is C17H25ClN3S+. The van der Waals surface area contributed by atoms with Crippen molar-refractivity contribution in [3.63, 3.8) is 0 Å². The van der Waals surface area contributed by atoms with Gasteiger partial charge in [-0.15, -0.1) is 0 Å². The molecule has 1 aliphatic carbocycles. The summed E-state index contributed by atoms with van der Waals surface area (Å²) in [5, 5.41) is 4.91. The molecule has 2 N–H and O–H groups in total. The first kappa shape index (κ1) is 16.0. The van der Waals surface area contributed by atoms with Crippen molar-refractivity contribution in [2.75, 3.05) is 31.5 Å². The van der Waals surface area contributed by atoms with Crippen LogP contribution in [-0.2, 0) is 0 Å². The summed E-state index contributed by atoms with van der Waals surface area (Å²) in [6, 6.07) is 8.61. The van der Waals surface area contributed by atoms with Gasteiger partial charge in [-0.25, -0.2) is 0 Å². The predicted molar refractivity (Wildman–Crippen MR) is 96.8 cm³/mol. The maximum absolute atomic E-state index is 5.91. The Morgan fingerprint density at radius 1 is 1.09 bits per heavy atom. The molecule has 5 heteroatoms. The van der Waals surface area contributed by atoms with Gasteiger partial charge in [0.2, 0.25) is 0 Å². The zero-order valence-electron chi connectivity index (χ0n) is 13.0. The van der Waals surface area contributed by atoms with Crippen LogP contribution in [0, 0.1) is 0 Å². The number of piperazine rings is 1. The zero-order chi connectivity index (χ0) is 15.4. The van der Waals surface area contributed by atoms with E-state index in [-0.39, 0.29) is 0 Å². The Hall–Kier alpha value is -0.840. The van der Waals surface area contributed by atoms with Crippen molar-refractivity contribution in [3.8, 4) is 0 Å². The molecule has 1 heterocycles. The number of halogens is 1. The topological polar surface area (TPSA) is 19.7 Å². The molecule has 120 valence electrons. The van der Waals surface area contributed by atoms with E-state index in [1.54, 1.807) is 4.90 Å². The van der Waals surface area contributed by atoms with Crippen LogP contribution < -0.4 is 10.2 Å². The SMILES string of the molecule is S=C(Nc1ccc(Cl)cc1)N1CC[NH+](C2CCCCC2)CC1. The van der Waals surface area contributed by atoms with Crippen molar-refractivity contribution in [1.29, 1.82) is 0 Å². The Labute approximate surface area is 143 Å². The van der Waals surface area contributed by atoms with E-state index in [0.717, 1.165) is 35.0 Å². The number of hydrogen-bond donors (Lipinski definition) is 2. The van der Waals surface area contributed by atoms with Crippen molar-refractivity contribution in [1.82, 2.24) is 4.90 Å². The monoisotopic (exact) mass is 338 g/mol. The van der Waals surface area contributed by atoms with E-state index in [1.165, 1.54) is 45.2 Å². The van der Waals surface area contributed by atoms with Gasteiger partial charge < -0.3 is 15.1 Å². The highest BCUT2D eigenvalue weighted by Crippen LogP contribution is 2.16. The Kier molecular flexibility index (Phi) is 5.55. The van der Waals surface area contributed by atoms with Gasteiger partial charge in [0.25, 0.3) is 0 Å². The fraction of sp³-hybridized carbons (Fsp3) is 0.588. The van der Waals surface area contributed by atoms with Crippen LogP contribution in [0.4, 0.5) is 5.69 Å². The quantitative estimate of drug-likeness (QED) is 0.809. The Morgan fingerprint density at radius 3 is 2.36 bits per heavy atom. The molecule has 22 heavy (non-hydrogen) atoms. The number of anilines is 1. The summed E-state index contributed by atoms with van der Waals surface area (Å²) in [6.45, 7) is 4.55. The second-order valence-electron chi connectivity index (χ2n) is 6.42. The van der Waals surface area contributed by atoms with Crippen LogP contribution in [0.15, 0.2) is 24.3 Å². The summed E-state index contributed by atoms with van der Waals surface area (Å²) in [4.78, 5) is 4.10. The molecular weight excluding hydrogens is 314 g/mol. The smallest absolute Gasteiger partial charge is 0.173 e. The average molecular weight is 339 g/mol. The largest absolute Gasteiger partial charge is 0.338 e. The summed E-state index contributed by atoms with van der Waals surface area (Å²) < 4.78 is 0. The fourth-order valence-corrected chi connectivity index (χ4v) is 4.08. The molecule has 0 spiro atoms. The first-order chi connectivity index (χ1) is 10.7. The average Bonchev–Trinajstić information content (AvgIpc) is 2.58. The van der Waals surface area contributed by atoms with Gasteiger partial charge in [0.15, 0.2) is 5.11 Å². The molecule has 1 aromatic rings. The van der Waals surface area contributed by atoms with Gasteiger partial charge in [-0.3, -0.25) is 0 Å². The Balaban J connectivity index is 1.48. The van der Waals surface area contributed by atoms with Gasteiger partial charge in [0.05, 0.1) is 32.2 Å². The van der Waals surface area contributed by atoms with E-state index in [9.17, 15) is 0 Å².